The molecule has 0 radical (unpaired) electrons. The van der Waals surface area contributed by atoms with Gasteiger partial charge in [-0.2, -0.15) is 0 Å². The van der Waals surface area contributed by atoms with Gasteiger partial charge in [0.25, 0.3) is 5.91 Å². The van der Waals surface area contributed by atoms with Crippen LogP contribution in [0.4, 0.5) is 5.13 Å². The third kappa shape index (κ3) is 3.58. The van der Waals surface area contributed by atoms with Gasteiger partial charge in [-0.15, -0.1) is 11.3 Å². The van der Waals surface area contributed by atoms with Gasteiger partial charge in [0.05, 0.1) is 11.6 Å². The van der Waals surface area contributed by atoms with Crippen molar-refractivity contribution in [2.45, 2.75) is 51.0 Å². The van der Waals surface area contributed by atoms with Crippen LogP contribution in [0.25, 0.3) is 0 Å². The average Bonchev–Trinajstić information content (AvgIpc) is 3.31. The molecule has 130 valence electrons. The molecule has 0 spiro atoms. The summed E-state index contributed by atoms with van der Waals surface area (Å²) in [5, 5.41) is 6.55. The van der Waals surface area contributed by atoms with Crippen molar-refractivity contribution in [1.29, 1.82) is 0 Å². The number of amides is 2. The SMILES string of the molecule is Cc1ccc(C(=O)Nc2nc3c(s2)CCCC3C(=O)NC2CC2)cc1. The maximum Gasteiger partial charge on any atom is 0.257 e. The molecule has 1 heterocycles. The third-order valence-electron chi connectivity index (χ3n) is 4.73. The number of hydrogen-bond acceptors (Lipinski definition) is 4. The second kappa shape index (κ2) is 6.59. The van der Waals surface area contributed by atoms with E-state index >= 15 is 0 Å². The number of carbonyl (C=O) groups excluding carboxylic acids is 2. The molecule has 2 amide bonds. The van der Waals surface area contributed by atoms with Crippen LogP contribution in [0.15, 0.2) is 24.3 Å². The van der Waals surface area contributed by atoms with E-state index in [1.165, 1.54) is 11.3 Å². The molecule has 1 unspecified atom stereocenters. The summed E-state index contributed by atoms with van der Waals surface area (Å²) < 4.78 is 0. The minimum atomic E-state index is -0.175. The Hall–Kier alpha value is -2.21. The smallest absolute Gasteiger partial charge is 0.257 e. The molecule has 1 atom stereocenters. The van der Waals surface area contributed by atoms with Gasteiger partial charge in [0, 0.05) is 16.5 Å². The van der Waals surface area contributed by atoms with Crippen LogP contribution in [0.1, 0.15) is 58.1 Å². The largest absolute Gasteiger partial charge is 0.353 e. The number of aryl methyl sites for hydroxylation is 2. The van der Waals surface area contributed by atoms with E-state index in [0.717, 1.165) is 48.2 Å². The lowest BCUT2D eigenvalue weighted by molar-refractivity contribution is -0.123. The predicted octanol–water partition coefficient (Wildman–Crippen LogP) is 3.40. The number of nitrogens with one attached hydrogen (secondary N) is 2. The van der Waals surface area contributed by atoms with E-state index in [9.17, 15) is 9.59 Å². The second-order valence-corrected chi connectivity index (χ2v) is 7.96. The van der Waals surface area contributed by atoms with Crippen molar-refractivity contribution < 1.29 is 9.59 Å². The number of thiazole rings is 1. The quantitative estimate of drug-likeness (QED) is 0.883. The van der Waals surface area contributed by atoms with Gasteiger partial charge < -0.3 is 5.32 Å². The van der Waals surface area contributed by atoms with Crippen LogP contribution in [-0.4, -0.2) is 22.8 Å². The van der Waals surface area contributed by atoms with Crippen LogP contribution in [0, 0.1) is 6.92 Å². The fraction of sp³-hybridized carbons (Fsp3) is 0.421. The summed E-state index contributed by atoms with van der Waals surface area (Å²) in [6.45, 7) is 1.99. The number of carbonyl (C=O) groups is 2. The Balaban J connectivity index is 1.50. The molecule has 0 bridgehead atoms. The monoisotopic (exact) mass is 355 g/mol. The minimum Gasteiger partial charge on any atom is -0.353 e. The molecule has 1 fully saturated rings. The average molecular weight is 355 g/mol. The van der Waals surface area contributed by atoms with Gasteiger partial charge in [-0.1, -0.05) is 17.7 Å². The first-order valence-electron chi connectivity index (χ1n) is 8.78. The number of fused-ring (bicyclic) bond motifs is 1. The molecule has 2 aromatic rings. The van der Waals surface area contributed by atoms with Crippen LogP contribution < -0.4 is 10.6 Å². The van der Waals surface area contributed by atoms with Crippen molar-refractivity contribution >= 4 is 28.3 Å². The molecular weight excluding hydrogens is 334 g/mol. The van der Waals surface area contributed by atoms with Crippen molar-refractivity contribution in [2.24, 2.45) is 0 Å². The number of benzene rings is 1. The number of hydrogen-bond donors (Lipinski definition) is 2. The maximum atomic E-state index is 12.5. The van der Waals surface area contributed by atoms with E-state index in [2.05, 4.69) is 15.6 Å². The van der Waals surface area contributed by atoms with E-state index in [1.54, 1.807) is 0 Å². The highest BCUT2D eigenvalue weighted by Crippen LogP contribution is 2.37. The molecule has 25 heavy (non-hydrogen) atoms. The molecule has 0 saturated heterocycles. The molecular formula is C19H21N3O2S. The van der Waals surface area contributed by atoms with Crippen molar-refractivity contribution in [3.63, 3.8) is 0 Å². The van der Waals surface area contributed by atoms with Crippen molar-refractivity contribution in [3.05, 3.63) is 46.0 Å². The standard InChI is InChI=1S/C19H21N3O2S/c1-11-5-7-12(8-6-11)17(23)22-19-21-16-14(3-2-4-15(16)25-19)18(24)20-13-9-10-13/h5-8,13-14H,2-4,9-10H2,1H3,(H,20,24)(H,21,22,23). The van der Waals surface area contributed by atoms with E-state index in [-0.39, 0.29) is 17.7 Å². The molecule has 1 aromatic carbocycles. The summed E-state index contributed by atoms with van der Waals surface area (Å²) in [4.78, 5) is 30.6. The Morgan fingerprint density at radius 2 is 1.92 bits per heavy atom. The molecule has 4 rings (SSSR count). The van der Waals surface area contributed by atoms with Gasteiger partial charge in [0.15, 0.2) is 5.13 Å². The van der Waals surface area contributed by atoms with Crippen LogP contribution in [0.3, 0.4) is 0 Å². The summed E-state index contributed by atoms with van der Waals surface area (Å²) in [7, 11) is 0. The van der Waals surface area contributed by atoms with Crippen molar-refractivity contribution in [3.8, 4) is 0 Å². The first-order valence-corrected chi connectivity index (χ1v) is 9.60. The summed E-state index contributed by atoms with van der Waals surface area (Å²) in [6, 6.07) is 7.81. The highest BCUT2D eigenvalue weighted by atomic mass is 32.1. The zero-order valence-corrected chi connectivity index (χ0v) is 15.0. The number of nitrogens with zero attached hydrogens (tertiary/aromatic N) is 1. The molecule has 2 N–H and O–H groups in total. The third-order valence-corrected chi connectivity index (χ3v) is 5.78. The number of rotatable bonds is 4. The molecule has 2 aliphatic carbocycles. The van der Waals surface area contributed by atoms with Crippen LogP contribution in [-0.2, 0) is 11.2 Å². The lowest BCUT2D eigenvalue weighted by Crippen LogP contribution is -2.32. The summed E-state index contributed by atoms with van der Waals surface area (Å²) in [5.41, 5.74) is 2.58. The Kier molecular flexibility index (Phi) is 4.29. The van der Waals surface area contributed by atoms with Gasteiger partial charge in [-0.05, 0) is 51.2 Å². The van der Waals surface area contributed by atoms with E-state index < -0.39 is 0 Å². The highest BCUT2D eigenvalue weighted by molar-refractivity contribution is 7.15. The normalized spacial score (nSPS) is 19.2. The van der Waals surface area contributed by atoms with Gasteiger partial charge in [-0.25, -0.2) is 4.98 Å². The first kappa shape index (κ1) is 16.3. The van der Waals surface area contributed by atoms with Crippen molar-refractivity contribution in [2.75, 3.05) is 5.32 Å². The minimum absolute atomic E-state index is 0.0881. The molecule has 1 saturated carbocycles. The van der Waals surface area contributed by atoms with Gasteiger partial charge >= 0.3 is 0 Å². The van der Waals surface area contributed by atoms with E-state index in [1.807, 2.05) is 31.2 Å². The van der Waals surface area contributed by atoms with Gasteiger partial charge in [0.2, 0.25) is 5.91 Å². The first-order chi connectivity index (χ1) is 12.1. The molecule has 6 heteroatoms. The van der Waals surface area contributed by atoms with Crippen LogP contribution in [0.2, 0.25) is 0 Å². The van der Waals surface area contributed by atoms with Gasteiger partial charge in [-0.3, -0.25) is 14.9 Å². The molecule has 0 aliphatic heterocycles. The Morgan fingerprint density at radius 3 is 2.64 bits per heavy atom. The molecule has 5 nitrogen and oxygen atoms in total. The van der Waals surface area contributed by atoms with Crippen LogP contribution in [0.5, 0.6) is 0 Å². The summed E-state index contributed by atoms with van der Waals surface area (Å²) in [6.07, 6.45) is 4.92. The topological polar surface area (TPSA) is 71.1 Å². The predicted molar refractivity (Wildman–Crippen MR) is 98.1 cm³/mol. The Labute approximate surface area is 150 Å². The summed E-state index contributed by atoms with van der Waals surface area (Å²) >= 11 is 1.49. The fourth-order valence-corrected chi connectivity index (χ4v) is 4.19. The fourth-order valence-electron chi connectivity index (χ4n) is 3.13. The Morgan fingerprint density at radius 1 is 1.16 bits per heavy atom. The van der Waals surface area contributed by atoms with Crippen LogP contribution >= 0.6 is 11.3 Å². The van der Waals surface area contributed by atoms with Gasteiger partial charge in [0.1, 0.15) is 0 Å². The maximum absolute atomic E-state index is 12.5. The highest BCUT2D eigenvalue weighted by Gasteiger charge is 2.33. The second-order valence-electron chi connectivity index (χ2n) is 6.88. The molecule has 2 aliphatic rings. The zero-order valence-electron chi connectivity index (χ0n) is 14.2. The number of anilines is 1. The summed E-state index contributed by atoms with van der Waals surface area (Å²) in [5.74, 6) is -0.249. The lowest BCUT2D eigenvalue weighted by Gasteiger charge is -2.20. The van der Waals surface area contributed by atoms with E-state index in [4.69, 9.17) is 0 Å². The molecule has 1 aromatic heterocycles. The lowest BCUT2D eigenvalue weighted by atomic mass is 9.90. The zero-order chi connectivity index (χ0) is 17.4. The van der Waals surface area contributed by atoms with Crippen molar-refractivity contribution in [1.82, 2.24) is 10.3 Å². The number of aromatic nitrogens is 1. The Bertz CT molecular complexity index is 809. The van der Waals surface area contributed by atoms with E-state index in [0.29, 0.717) is 16.7 Å².